The molecule has 1 aromatic carbocycles. The van der Waals surface area contributed by atoms with Crippen molar-refractivity contribution in [1.82, 2.24) is 15.0 Å². The quantitative estimate of drug-likeness (QED) is 0.619. The number of hydrogen-bond acceptors (Lipinski definition) is 2. The molecule has 0 aliphatic heterocycles. The summed E-state index contributed by atoms with van der Waals surface area (Å²) in [5.41, 5.74) is 1.90. The summed E-state index contributed by atoms with van der Waals surface area (Å²) in [5, 5.41) is 1.65. The van der Waals surface area contributed by atoms with E-state index in [-0.39, 0.29) is 5.15 Å². The Morgan fingerprint density at radius 3 is 2.42 bits per heavy atom. The lowest BCUT2D eigenvalue weighted by atomic mass is 10.2. The molecule has 1 N–H and O–H groups in total. The molecule has 0 amide bonds. The SMILES string of the molecule is Clc1ccc(-c2nc3nc(Cl)c(Cl)cc3[nH]2)c(Cl)c1. The van der Waals surface area contributed by atoms with Gasteiger partial charge >= 0.3 is 0 Å². The monoisotopic (exact) mass is 331 g/mol. The molecule has 0 radical (unpaired) electrons. The largest absolute Gasteiger partial charge is 0.336 e. The van der Waals surface area contributed by atoms with Crippen LogP contribution in [0.4, 0.5) is 0 Å². The molecule has 0 bridgehead atoms. The van der Waals surface area contributed by atoms with Crippen molar-refractivity contribution in [2.75, 3.05) is 0 Å². The van der Waals surface area contributed by atoms with Crippen LogP contribution in [0.1, 0.15) is 0 Å². The number of H-pyrrole nitrogens is 1. The van der Waals surface area contributed by atoms with Crippen LogP contribution in [0, 0.1) is 0 Å². The fourth-order valence-electron chi connectivity index (χ4n) is 1.71. The lowest BCUT2D eigenvalue weighted by Gasteiger charge is -2.00. The third-order valence-electron chi connectivity index (χ3n) is 2.57. The van der Waals surface area contributed by atoms with E-state index >= 15 is 0 Å². The van der Waals surface area contributed by atoms with Crippen molar-refractivity contribution in [2.24, 2.45) is 0 Å². The number of fused-ring (bicyclic) bond motifs is 1. The van der Waals surface area contributed by atoms with E-state index in [1.165, 1.54) is 0 Å². The van der Waals surface area contributed by atoms with Gasteiger partial charge in [-0.3, -0.25) is 0 Å². The van der Waals surface area contributed by atoms with Gasteiger partial charge in [0, 0.05) is 10.6 Å². The number of nitrogens with one attached hydrogen (secondary N) is 1. The van der Waals surface area contributed by atoms with Crippen LogP contribution in [0.3, 0.4) is 0 Å². The topological polar surface area (TPSA) is 41.6 Å². The summed E-state index contributed by atoms with van der Waals surface area (Å²) in [7, 11) is 0. The predicted molar refractivity (Wildman–Crippen MR) is 79.4 cm³/mol. The van der Waals surface area contributed by atoms with Crippen molar-refractivity contribution in [3.05, 3.63) is 44.5 Å². The standard InChI is InChI=1S/C12H5Cl4N3/c13-5-1-2-6(7(14)3-5)11-17-9-4-8(15)10(16)18-12(9)19-11/h1-4H,(H,17,18,19). The summed E-state index contributed by atoms with van der Waals surface area (Å²) < 4.78 is 0. The normalized spacial score (nSPS) is 11.2. The highest BCUT2D eigenvalue weighted by molar-refractivity contribution is 6.41. The highest BCUT2D eigenvalue weighted by Gasteiger charge is 2.12. The van der Waals surface area contributed by atoms with E-state index in [9.17, 15) is 0 Å². The van der Waals surface area contributed by atoms with Crippen LogP contribution in [0.25, 0.3) is 22.6 Å². The van der Waals surface area contributed by atoms with E-state index in [2.05, 4.69) is 15.0 Å². The first-order chi connectivity index (χ1) is 9.04. The number of hydrogen-bond donors (Lipinski definition) is 1. The molecule has 2 heterocycles. The molecule has 0 unspecified atom stereocenters. The zero-order valence-corrected chi connectivity index (χ0v) is 12.2. The molecule has 0 spiro atoms. The van der Waals surface area contributed by atoms with E-state index in [0.717, 1.165) is 5.56 Å². The molecule has 0 atom stereocenters. The average molecular weight is 333 g/mol. The van der Waals surface area contributed by atoms with Crippen LogP contribution in [-0.4, -0.2) is 15.0 Å². The van der Waals surface area contributed by atoms with Gasteiger partial charge in [-0.1, -0.05) is 46.4 Å². The third-order valence-corrected chi connectivity index (χ3v) is 3.79. The average Bonchev–Trinajstić information content (AvgIpc) is 2.72. The Balaban J connectivity index is 2.20. The molecule has 0 saturated heterocycles. The molecule has 3 aromatic rings. The zero-order chi connectivity index (χ0) is 13.6. The molecular formula is C12H5Cl4N3. The second-order valence-corrected chi connectivity index (χ2v) is 5.45. The molecule has 0 aliphatic carbocycles. The van der Waals surface area contributed by atoms with Gasteiger partial charge in [-0.15, -0.1) is 0 Å². The minimum atomic E-state index is 0.217. The van der Waals surface area contributed by atoms with Gasteiger partial charge < -0.3 is 4.98 Å². The Morgan fingerprint density at radius 1 is 0.895 bits per heavy atom. The van der Waals surface area contributed by atoms with Crippen LogP contribution in [0.15, 0.2) is 24.3 Å². The van der Waals surface area contributed by atoms with Gasteiger partial charge in [0.1, 0.15) is 11.0 Å². The Bertz CT molecular complexity index is 743. The Morgan fingerprint density at radius 2 is 1.68 bits per heavy atom. The van der Waals surface area contributed by atoms with Crippen LogP contribution < -0.4 is 0 Å². The van der Waals surface area contributed by atoms with E-state index in [0.29, 0.717) is 32.1 Å². The molecular weight excluding hydrogens is 328 g/mol. The van der Waals surface area contributed by atoms with E-state index in [1.54, 1.807) is 24.3 Å². The van der Waals surface area contributed by atoms with Crippen molar-refractivity contribution in [1.29, 1.82) is 0 Å². The van der Waals surface area contributed by atoms with Crippen molar-refractivity contribution in [3.63, 3.8) is 0 Å². The molecule has 3 rings (SSSR count). The first-order valence-corrected chi connectivity index (χ1v) is 6.73. The number of aromatic amines is 1. The molecule has 0 aliphatic rings. The number of pyridine rings is 1. The number of benzene rings is 1. The van der Waals surface area contributed by atoms with Gasteiger partial charge in [0.05, 0.1) is 15.6 Å². The lowest BCUT2D eigenvalue weighted by Crippen LogP contribution is -1.82. The maximum absolute atomic E-state index is 6.14. The van der Waals surface area contributed by atoms with Crippen molar-refractivity contribution in [2.45, 2.75) is 0 Å². The highest BCUT2D eigenvalue weighted by Crippen LogP contribution is 2.31. The number of imidazole rings is 1. The Hall–Kier alpha value is -1.00. The second kappa shape index (κ2) is 4.84. The lowest BCUT2D eigenvalue weighted by molar-refractivity contribution is 1.30. The molecule has 3 nitrogen and oxygen atoms in total. The highest BCUT2D eigenvalue weighted by atomic mass is 35.5. The van der Waals surface area contributed by atoms with E-state index < -0.39 is 0 Å². The maximum atomic E-state index is 6.14. The Labute approximate surface area is 128 Å². The summed E-state index contributed by atoms with van der Waals surface area (Å²) >= 11 is 23.8. The maximum Gasteiger partial charge on any atom is 0.179 e. The minimum absolute atomic E-state index is 0.217. The Kier molecular flexibility index (Phi) is 3.31. The number of rotatable bonds is 1. The predicted octanol–water partition coefficient (Wildman–Crippen LogP) is 5.24. The van der Waals surface area contributed by atoms with Gasteiger partial charge in [-0.2, -0.15) is 0 Å². The number of aromatic nitrogens is 3. The summed E-state index contributed by atoms with van der Waals surface area (Å²) in [4.78, 5) is 11.5. The van der Waals surface area contributed by atoms with Crippen molar-refractivity contribution < 1.29 is 0 Å². The fraction of sp³-hybridized carbons (Fsp3) is 0. The molecule has 0 saturated carbocycles. The minimum Gasteiger partial charge on any atom is -0.336 e. The molecule has 2 aromatic heterocycles. The third kappa shape index (κ3) is 2.39. The van der Waals surface area contributed by atoms with Gasteiger partial charge in [-0.25, -0.2) is 9.97 Å². The van der Waals surface area contributed by atoms with Gasteiger partial charge in [0.15, 0.2) is 5.65 Å². The van der Waals surface area contributed by atoms with Crippen molar-refractivity contribution in [3.8, 4) is 11.4 Å². The number of nitrogens with zero attached hydrogens (tertiary/aromatic N) is 2. The summed E-state index contributed by atoms with van der Waals surface area (Å²) in [6.45, 7) is 0. The van der Waals surface area contributed by atoms with Crippen LogP contribution in [-0.2, 0) is 0 Å². The van der Waals surface area contributed by atoms with Gasteiger partial charge in [0.2, 0.25) is 0 Å². The summed E-state index contributed by atoms with van der Waals surface area (Å²) in [6.07, 6.45) is 0. The molecule has 0 fully saturated rings. The zero-order valence-electron chi connectivity index (χ0n) is 9.22. The summed E-state index contributed by atoms with van der Waals surface area (Å²) in [5.74, 6) is 0.586. The van der Waals surface area contributed by atoms with E-state index in [1.807, 2.05) is 0 Å². The second-order valence-electron chi connectivity index (χ2n) is 3.84. The number of halogens is 4. The first kappa shape index (κ1) is 13.0. The summed E-state index contributed by atoms with van der Waals surface area (Å²) in [6, 6.07) is 6.85. The van der Waals surface area contributed by atoms with Crippen molar-refractivity contribution >= 4 is 57.6 Å². The van der Waals surface area contributed by atoms with Gasteiger partial charge in [0.25, 0.3) is 0 Å². The van der Waals surface area contributed by atoms with E-state index in [4.69, 9.17) is 46.4 Å². The van der Waals surface area contributed by atoms with Gasteiger partial charge in [-0.05, 0) is 24.3 Å². The van der Waals surface area contributed by atoms with Crippen LogP contribution in [0.5, 0.6) is 0 Å². The molecule has 19 heavy (non-hydrogen) atoms. The van der Waals surface area contributed by atoms with Crippen LogP contribution in [0.2, 0.25) is 20.2 Å². The molecule has 96 valence electrons. The first-order valence-electron chi connectivity index (χ1n) is 5.22. The fourth-order valence-corrected chi connectivity index (χ4v) is 2.49. The molecule has 7 heteroatoms. The smallest absolute Gasteiger partial charge is 0.179 e. The van der Waals surface area contributed by atoms with Crippen LogP contribution >= 0.6 is 46.4 Å².